The van der Waals surface area contributed by atoms with Gasteiger partial charge < -0.3 is 5.32 Å². The average Bonchev–Trinajstić information content (AvgIpc) is 3.00. The van der Waals surface area contributed by atoms with Gasteiger partial charge in [0.15, 0.2) is 0 Å². The van der Waals surface area contributed by atoms with Crippen LogP contribution in [0.1, 0.15) is 16.7 Å². The van der Waals surface area contributed by atoms with Crippen molar-refractivity contribution >= 4 is 46.3 Å². The zero-order valence-electron chi connectivity index (χ0n) is 17.2. The fraction of sp³-hybridized carbons (Fsp3) is 0.120. The summed E-state index contributed by atoms with van der Waals surface area (Å²) in [7, 11) is 0. The standard InChI is InChI=1S/C25H19Cl2FN2O2/c1-15-2-11-20(14-21(15)27)29-23-22(17-5-7-18(26)8-6-17)24(31)30(25(23)32)13-12-16-3-9-19(28)10-4-16/h2-11,14,29H,12-13H2,1H3. The Morgan fingerprint density at radius 3 is 2.25 bits per heavy atom. The molecule has 0 fully saturated rings. The molecule has 1 aliphatic rings. The Labute approximate surface area is 195 Å². The van der Waals surface area contributed by atoms with Crippen molar-refractivity contribution in [1.29, 1.82) is 0 Å². The second-order valence-electron chi connectivity index (χ2n) is 7.48. The van der Waals surface area contributed by atoms with Crippen molar-refractivity contribution in [3.63, 3.8) is 0 Å². The van der Waals surface area contributed by atoms with E-state index in [1.807, 2.05) is 13.0 Å². The molecule has 162 valence electrons. The van der Waals surface area contributed by atoms with E-state index in [4.69, 9.17) is 23.2 Å². The lowest BCUT2D eigenvalue weighted by atomic mass is 10.0. The van der Waals surface area contributed by atoms with Crippen LogP contribution >= 0.6 is 23.2 Å². The van der Waals surface area contributed by atoms with Crippen molar-refractivity contribution in [2.45, 2.75) is 13.3 Å². The summed E-state index contributed by atoms with van der Waals surface area (Å²) in [5, 5.41) is 4.17. The van der Waals surface area contributed by atoms with Crippen LogP contribution in [0.2, 0.25) is 10.0 Å². The van der Waals surface area contributed by atoms with Gasteiger partial charge in [0, 0.05) is 22.3 Å². The van der Waals surface area contributed by atoms with Crippen LogP contribution < -0.4 is 5.32 Å². The Morgan fingerprint density at radius 1 is 0.906 bits per heavy atom. The normalized spacial score (nSPS) is 13.8. The summed E-state index contributed by atoms with van der Waals surface area (Å²) in [5.41, 5.74) is 3.35. The van der Waals surface area contributed by atoms with Crippen molar-refractivity contribution in [2.24, 2.45) is 0 Å². The van der Waals surface area contributed by atoms with Crippen LogP contribution in [-0.4, -0.2) is 23.3 Å². The third-order valence-corrected chi connectivity index (χ3v) is 5.94. The molecule has 0 spiro atoms. The van der Waals surface area contributed by atoms with Gasteiger partial charge in [-0.2, -0.15) is 0 Å². The zero-order chi connectivity index (χ0) is 22.8. The number of carbonyl (C=O) groups excluding carboxylic acids is 2. The first-order chi connectivity index (χ1) is 15.3. The Kier molecular flexibility index (Phi) is 6.31. The van der Waals surface area contributed by atoms with Gasteiger partial charge in [-0.15, -0.1) is 0 Å². The number of amides is 2. The summed E-state index contributed by atoms with van der Waals surface area (Å²) < 4.78 is 13.2. The minimum absolute atomic E-state index is 0.167. The van der Waals surface area contributed by atoms with E-state index in [1.54, 1.807) is 48.5 Å². The Morgan fingerprint density at radius 2 is 1.59 bits per heavy atom. The molecule has 0 aromatic heterocycles. The van der Waals surface area contributed by atoms with E-state index >= 15 is 0 Å². The summed E-state index contributed by atoms with van der Waals surface area (Å²) in [4.78, 5) is 27.8. The van der Waals surface area contributed by atoms with Crippen molar-refractivity contribution < 1.29 is 14.0 Å². The lowest BCUT2D eigenvalue weighted by Crippen LogP contribution is -2.34. The maximum Gasteiger partial charge on any atom is 0.278 e. The third-order valence-electron chi connectivity index (χ3n) is 5.28. The van der Waals surface area contributed by atoms with Crippen LogP contribution in [0.3, 0.4) is 0 Å². The molecule has 1 N–H and O–H groups in total. The van der Waals surface area contributed by atoms with Gasteiger partial charge in [-0.25, -0.2) is 4.39 Å². The number of nitrogens with zero attached hydrogens (tertiary/aromatic N) is 1. The highest BCUT2D eigenvalue weighted by molar-refractivity contribution is 6.37. The molecule has 3 aromatic rings. The van der Waals surface area contributed by atoms with E-state index in [0.717, 1.165) is 11.1 Å². The summed E-state index contributed by atoms with van der Waals surface area (Å²) >= 11 is 12.2. The predicted molar refractivity (Wildman–Crippen MR) is 125 cm³/mol. The minimum atomic E-state index is -0.432. The highest BCUT2D eigenvalue weighted by atomic mass is 35.5. The van der Waals surface area contributed by atoms with Gasteiger partial charge in [0.25, 0.3) is 11.8 Å². The predicted octanol–water partition coefficient (Wildman–Crippen LogP) is 5.88. The Balaban J connectivity index is 1.66. The van der Waals surface area contributed by atoms with Gasteiger partial charge in [-0.1, -0.05) is 53.5 Å². The lowest BCUT2D eigenvalue weighted by molar-refractivity contribution is -0.136. The van der Waals surface area contributed by atoms with Crippen LogP contribution in [0.5, 0.6) is 0 Å². The van der Waals surface area contributed by atoms with Crippen LogP contribution in [0, 0.1) is 12.7 Å². The highest BCUT2D eigenvalue weighted by Gasteiger charge is 2.39. The van der Waals surface area contributed by atoms with Crippen molar-refractivity contribution in [2.75, 3.05) is 11.9 Å². The summed E-state index contributed by atoms with van der Waals surface area (Å²) in [6.45, 7) is 2.05. The van der Waals surface area contributed by atoms with E-state index in [0.29, 0.717) is 27.7 Å². The molecular formula is C25H19Cl2FN2O2. The number of benzene rings is 3. The number of carbonyl (C=O) groups is 2. The number of halogens is 3. The molecule has 32 heavy (non-hydrogen) atoms. The zero-order valence-corrected chi connectivity index (χ0v) is 18.7. The maximum absolute atomic E-state index is 13.3. The monoisotopic (exact) mass is 468 g/mol. The van der Waals surface area contributed by atoms with E-state index in [-0.39, 0.29) is 23.6 Å². The molecule has 0 bridgehead atoms. The summed E-state index contributed by atoms with van der Waals surface area (Å²) in [5.74, 6) is -1.17. The topological polar surface area (TPSA) is 49.4 Å². The molecule has 7 heteroatoms. The molecule has 0 atom stereocenters. The Bertz CT molecular complexity index is 1220. The molecule has 1 heterocycles. The molecule has 2 amide bonds. The van der Waals surface area contributed by atoms with E-state index in [1.165, 1.54) is 17.0 Å². The van der Waals surface area contributed by atoms with E-state index in [9.17, 15) is 14.0 Å². The number of rotatable bonds is 6. The molecule has 0 saturated heterocycles. The second kappa shape index (κ2) is 9.15. The number of hydrogen-bond donors (Lipinski definition) is 1. The van der Waals surface area contributed by atoms with Crippen LogP contribution in [0.25, 0.3) is 5.57 Å². The van der Waals surface area contributed by atoms with Crippen molar-refractivity contribution in [1.82, 2.24) is 4.90 Å². The lowest BCUT2D eigenvalue weighted by Gasteiger charge is -2.15. The van der Waals surface area contributed by atoms with Gasteiger partial charge in [-0.05, 0) is 66.4 Å². The molecule has 3 aromatic carbocycles. The Hall–Kier alpha value is -3.15. The first-order valence-corrected chi connectivity index (χ1v) is 10.7. The smallest absolute Gasteiger partial charge is 0.278 e. The maximum atomic E-state index is 13.3. The number of aryl methyl sites for hydroxylation is 1. The largest absolute Gasteiger partial charge is 0.350 e. The molecule has 0 radical (unpaired) electrons. The number of imide groups is 1. The molecule has 0 aliphatic carbocycles. The third kappa shape index (κ3) is 4.54. The molecular weight excluding hydrogens is 450 g/mol. The minimum Gasteiger partial charge on any atom is -0.350 e. The second-order valence-corrected chi connectivity index (χ2v) is 8.33. The number of nitrogens with one attached hydrogen (secondary N) is 1. The summed E-state index contributed by atoms with van der Waals surface area (Å²) in [6.07, 6.45) is 0.412. The molecule has 1 aliphatic heterocycles. The van der Waals surface area contributed by atoms with Gasteiger partial charge in [0.2, 0.25) is 0 Å². The number of anilines is 1. The van der Waals surface area contributed by atoms with Gasteiger partial charge >= 0.3 is 0 Å². The van der Waals surface area contributed by atoms with E-state index in [2.05, 4.69) is 5.32 Å². The number of hydrogen-bond acceptors (Lipinski definition) is 3. The average molecular weight is 469 g/mol. The summed E-state index contributed by atoms with van der Waals surface area (Å²) in [6, 6.07) is 18.1. The molecule has 0 unspecified atom stereocenters. The van der Waals surface area contributed by atoms with Crippen LogP contribution in [-0.2, 0) is 16.0 Å². The first-order valence-electron chi connectivity index (χ1n) is 9.97. The van der Waals surface area contributed by atoms with E-state index < -0.39 is 11.8 Å². The van der Waals surface area contributed by atoms with Crippen molar-refractivity contribution in [3.05, 3.63) is 105 Å². The van der Waals surface area contributed by atoms with Gasteiger partial charge in [-0.3, -0.25) is 14.5 Å². The fourth-order valence-corrected chi connectivity index (χ4v) is 3.79. The van der Waals surface area contributed by atoms with Gasteiger partial charge in [0.1, 0.15) is 11.5 Å². The molecule has 4 rings (SSSR count). The SMILES string of the molecule is Cc1ccc(NC2=C(c3ccc(Cl)cc3)C(=O)N(CCc3ccc(F)cc3)C2=O)cc1Cl. The highest BCUT2D eigenvalue weighted by Crippen LogP contribution is 2.32. The van der Waals surface area contributed by atoms with Crippen molar-refractivity contribution in [3.8, 4) is 0 Å². The van der Waals surface area contributed by atoms with Crippen LogP contribution in [0.4, 0.5) is 10.1 Å². The first kappa shape index (κ1) is 22.1. The van der Waals surface area contributed by atoms with Gasteiger partial charge in [0.05, 0.1) is 5.57 Å². The molecule has 4 nitrogen and oxygen atoms in total. The molecule has 0 saturated carbocycles. The fourth-order valence-electron chi connectivity index (χ4n) is 3.49. The van der Waals surface area contributed by atoms with Crippen LogP contribution in [0.15, 0.2) is 72.4 Å². The quantitative estimate of drug-likeness (QED) is 0.459.